The van der Waals surface area contributed by atoms with E-state index in [1.54, 1.807) is 36.4 Å². The van der Waals surface area contributed by atoms with Crippen LogP contribution >= 0.6 is 15.9 Å². The second kappa shape index (κ2) is 8.36. The van der Waals surface area contributed by atoms with Crippen LogP contribution < -0.4 is 14.2 Å². The summed E-state index contributed by atoms with van der Waals surface area (Å²) in [6.07, 6.45) is 0. The fraction of sp³-hybridized carbons (Fsp3) is 0.105. The molecule has 0 spiro atoms. The number of nitrogens with zero attached hydrogens (tertiary/aromatic N) is 1. The summed E-state index contributed by atoms with van der Waals surface area (Å²) in [7, 11) is -4.59. The molecule has 3 aromatic carbocycles. The number of aliphatic carboxylic acids is 1. The van der Waals surface area contributed by atoms with E-state index in [9.17, 15) is 13.2 Å². The third kappa shape index (κ3) is 4.84. The Labute approximate surface area is 174 Å². The van der Waals surface area contributed by atoms with Gasteiger partial charge in [0.25, 0.3) is 10.2 Å². The molecule has 152 valence electrons. The third-order valence-corrected chi connectivity index (χ3v) is 5.47. The van der Waals surface area contributed by atoms with Crippen LogP contribution in [0.3, 0.4) is 0 Å². The number of hydrogen-bond acceptors (Lipinski definition) is 4. The van der Waals surface area contributed by atoms with Crippen LogP contribution in [0.1, 0.15) is 5.56 Å². The van der Waals surface area contributed by atoms with E-state index in [2.05, 4.69) is 15.9 Å². The van der Waals surface area contributed by atoms with Crippen molar-refractivity contribution < 1.29 is 27.4 Å². The Bertz CT molecular complexity index is 1170. The Hall–Kier alpha value is -2.69. The molecular weight excluding hydrogens is 467 g/mol. The van der Waals surface area contributed by atoms with E-state index < -0.39 is 34.2 Å². The Balaban J connectivity index is 2.19. The standard InChI is InChI=1S/C19H16BrFN2O5S/c20-14-6-7-15-13(8-14)9-16(28-11-12-4-2-1-3-5-12)19(18(15)21)23(10-17(24)25)29(22,26)27/h1-9H,10-11H2,(H,24,25)(H2,22,26,27). The molecule has 3 aromatic rings. The lowest BCUT2D eigenvalue weighted by Crippen LogP contribution is -2.41. The van der Waals surface area contributed by atoms with Gasteiger partial charge in [0.05, 0.1) is 0 Å². The number of ether oxygens (including phenoxy) is 1. The number of anilines is 1. The molecule has 0 unspecified atom stereocenters. The van der Waals surface area contributed by atoms with E-state index in [1.165, 1.54) is 12.1 Å². The zero-order valence-corrected chi connectivity index (χ0v) is 17.3. The third-order valence-electron chi connectivity index (χ3n) is 4.05. The van der Waals surface area contributed by atoms with Crippen molar-refractivity contribution in [3.05, 3.63) is 70.5 Å². The molecule has 0 heterocycles. The fourth-order valence-corrected chi connectivity index (χ4v) is 3.89. The minimum Gasteiger partial charge on any atom is -0.487 e. The van der Waals surface area contributed by atoms with E-state index in [0.717, 1.165) is 5.56 Å². The highest BCUT2D eigenvalue weighted by Crippen LogP contribution is 2.39. The van der Waals surface area contributed by atoms with Gasteiger partial charge in [-0.15, -0.1) is 0 Å². The lowest BCUT2D eigenvalue weighted by Gasteiger charge is -2.24. The second-order valence-electron chi connectivity index (χ2n) is 6.12. The molecule has 0 atom stereocenters. The largest absolute Gasteiger partial charge is 0.487 e. The van der Waals surface area contributed by atoms with Crippen LogP contribution in [0.15, 0.2) is 59.1 Å². The number of carboxylic acid groups (broad SMARTS) is 1. The van der Waals surface area contributed by atoms with Gasteiger partial charge in [-0.1, -0.05) is 52.3 Å². The van der Waals surface area contributed by atoms with Gasteiger partial charge in [0, 0.05) is 9.86 Å². The molecular formula is C19H16BrFN2O5S. The first-order chi connectivity index (χ1) is 13.7. The van der Waals surface area contributed by atoms with E-state index in [4.69, 9.17) is 15.0 Å². The average Bonchev–Trinajstić information content (AvgIpc) is 2.64. The first kappa shape index (κ1) is 21.0. The summed E-state index contributed by atoms with van der Waals surface area (Å²) in [5, 5.41) is 14.8. The lowest BCUT2D eigenvalue weighted by atomic mass is 10.1. The highest BCUT2D eigenvalue weighted by atomic mass is 79.9. The van der Waals surface area contributed by atoms with Gasteiger partial charge in [0.15, 0.2) is 5.82 Å². The first-order valence-electron chi connectivity index (χ1n) is 8.27. The topological polar surface area (TPSA) is 110 Å². The summed E-state index contributed by atoms with van der Waals surface area (Å²) >= 11 is 3.30. The smallest absolute Gasteiger partial charge is 0.324 e. The predicted molar refractivity (Wildman–Crippen MR) is 110 cm³/mol. The predicted octanol–water partition coefficient (Wildman–Crippen LogP) is 3.41. The zero-order valence-electron chi connectivity index (χ0n) is 14.9. The molecule has 0 bridgehead atoms. The molecule has 0 aliphatic heterocycles. The summed E-state index contributed by atoms with van der Waals surface area (Å²) in [5.41, 5.74) is 0.203. The monoisotopic (exact) mass is 482 g/mol. The number of halogens is 2. The van der Waals surface area contributed by atoms with Crippen molar-refractivity contribution in [1.82, 2.24) is 0 Å². The van der Waals surface area contributed by atoms with Crippen LogP contribution in [0.2, 0.25) is 0 Å². The highest BCUT2D eigenvalue weighted by Gasteiger charge is 2.29. The number of rotatable bonds is 7. The van der Waals surface area contributed by atoms with Crippen molar-refractivity contribution in [2.45, 2.75) is 6.61 Å². The number of fused-ring (bicyclic) bond motifs is 1. The fourth-order valence-electron chi connectivity index (χ4n) is 2.80. The van der Waals surface area contributed by atoms with E-state index >= 15 is 4.39 Å². The molecule has 3 rings (SSSR count). The molecule has 0 aliphatic carbocycles. The minimum absolute atomic E-state index is 0.0122. The van der Waals surface area contributed by atoms with Crippen molar-refractivity contribution in [2.24, 2.45) is 5.14 Å². The molecule has 10 heteroatoms. The van der Waals surface area contributed by atoms with Gasteiger partial charge in [0.2, 0.25) is 0 Å². The number of carboxylic acids is 1. The SMILES string of the molecule is NS(=O)(=O)N(CC(=O)O)c1c(OCc2ccccc2)cc2cc(Br)ccc2c1F. The van der Waals surface area contributed by atoms with Crippen molar-refractivity contribution in [1.29, 1.82) is 0 Å². The summed E-state index contributed by atoms with van der Waals surface area (Å²) < 4.78 is 46.1. The van der Waals surface area contributed by atoms with Crippen LogP contribution in [0.25, 0.3) is 10.8 Å². The van der Waals surface area contributed by atoms with Gasteiger partial charge >= 0.3 is 5.97 Å². The van der Waals surface area contributed by atoms with Gasteiger partial charge in [-0.2, -0.15) is 8.42 Å². The molecule has 0 saturated carbocycles. The van der Waals surface area contributed by atoms with Gasteiger partial charge in [-0.05, 0) is 29.1 Å². The maximum absolute atomic E-state index is 15.4. The number of carbonyl (C=O) groups is 1. The molecule has 0 aliphatic rings. The lowest BCUT2D eigenvalue weighted by molar-refractivity contribution is -0.135. The summed E-state index contributed by atoms with van der Waals surface area (Å²) in [5.74, 6) is -2.59. The molecule has 29 heavy (non-hydrogen) atoms. The Morgan fingerprint density at radius 3 is 2.48 bits per heavy atom. The average molecular weight is 483 g/mol. The Morgan fingerprint density at radius 1 is 1.17 bits per heavy atom. The second-order valence-corrected chi connectivity index (χ2v) is 8.51. The van der Waals surface area contributed by atoms with Crippen molar-refractivity contribution in [2.75, 3.05) is 10.8 Å². The van der Waals surface area contributed by atoms with Crippen LogP contribution in [0, 0.1) is 5.82 Å². The molecule has 0 amide bonds. The molecule has 3 N–H and O–H groups in total. The van der Waals surface area contributed by atoms with Crippen LogP contribution in [-0.2, 0) is 21.6 Å². The maximum atomic E-state index is 15.4. The maximum Gasteiger partial charge on any atom is 0.324 e. The van der Waals surface area contributed by atoms with Gasteiger partial charge < -0.3 is 9.84 Å². The molecule has 0 radical (unpaired) electrons. The van der Waals surface area contributed by atoms with Crippen molar-refractivity contribution >= 4 is 48.6 Å². The van der Waals surface area contributed by atoms with E-state index in [0.29, 0.717) is 9.86 Å². The van der Waals surface area contributed by atoms with Crippen LogP contribution in [0.4, 0.5) is 10.1 Å². The molecule has 7 nitrogen and oxygen atoms in total. The van der Waals surface area contributed by atoms with Crippen LogP contribution in [0.5, 0.6) is 5.75 Å². The van der Waals surface area contributed by atoms with E-state index in [1.807, 2.05) is 6.07 Å². The van der Waals surface area contributed by atoms with E-state index in [-0.39, 0.29) is 22.0 Å². The molecule has 0 aromatic heterocycles. The number of benzene rings is 3. The summed E-state index contributed by atoms with van der Waals surface area (Å²) in [6, 6.07) is 15.1. The normalized spacial score (nSPS) is 11.4. The molecule has 0 fully saturated rings. The number of hydrogen-bond donors (Lipinski definition) is 2. The minimum atomic E-state index is -4.59. The molecule has 0 saturated heterocycles. The highest BCUT2D eigenvalue weighted by molar-refractivity contribution is 9.10. The van der Waals surface area contributed by atoms with Gasteiger partial charge in [-0.25, -0.2) is 13.8 Å². The quantitative estimate of drug-likeness (QED) is 0.535. The van der Waals surface area contributed by atoms with Crippen LogP contribution in [-0.4, -0.2) is 26.0 Å². The van der Waals surface area contributed by atoms with Crippen molar-refractivity contribution in [3.8, 4) is 5.75 Å². The summed E-state index contributed by atoms with van der Waals surface area (Å²) in [6.45, 7) is -1.04. The Kier molecular flexibility index (Phi) is 6.06. The first-order valence-corrected chi connectivity index (χ1v) is 10.6. The zero-order chi connectivity index (χ0) is 21.2. The van der Waals surface area contributed by atoms with Gasteiger partial charge in [0.1, 0.15) is 24.6 Å². The van der Waals surface area contributed by atoms with Gasteiger partial charge in [-0.3, -0.25) is 4.79 Å². The Morgan fingerprint density at radius 2 is 1.86 bits per heavy atom. The number of nitrogens with two attached hydrogens (primary N) is 1. The van der Waals surface area contributed by atoms with Crippen molar-refractivity contribution in [3.63, 3.8) is 0 Å². The summed E-state index contributed by atoms with van der Waals surface area (Å²) in [4.78, 5) is 11.2.